The van der Waals surface area contributed by atoms with Crippen LogP contribution in [0.15, 0.2) is 42.0 Å². The molecule has 3 rings (SSSR count). The molecule has 2 aromatic carbocycles. The Kier molecular flexibility index (Phi) is 8.40. The Balaban J connectivity index is 1.53. The first kappa shape index (κ1) is 22.0. The second-order valence-corrected chi connectivity index (χ2v) is 7.28. The number of fused-ring (bicyclic) bond motifs is 1. The number of aliphatic hydroxyl groups is 1. The van der Waals surface area contributed by atoms with E-state index in [0.717, 1.165) is 29.4 Å². The molecule has 6 nitrogen and oxygen atoms in total. The predicted molar refractivity (Wildman–Crippen MR) is 117 cm³/mol. The topological polar surface area (TPSA) is 82.8 Å². The number of anilines is 1. The number of ketones is 1. The average molecular weight is 408 g/mol. The molecule has 0 aliphatic carbocycles. The zero-order valence-electron chi connectivity index (χ0n) is 17.2. The minimum atomic E-state index is -0.175. The van der Waals surface area contributed by atoms with Crippen LogP contribution in [-0.4, -0.2) is 57.0 Å². The lowest BCUT2D eigenvalue weighted by Gasteiger charge is -2.33. The molecular formula is C24H28N2O4. The van der Waals surface area contributed by atoms with Gasteiger partial charge < -0.3 is 19.5 Å². The third-order valence-electron chi connectivity index (χ3n) is 5.10. The number of aliphatic hydroxyl groups excluding tert-OH is 1. The second kappa shape index (κ2) is 11.5. The van der Waals surface area contributed by atoms with Gasteiger partial charge in [0.15, 0.2) is 5.78 Å². The highest BCUT2D eigenvalue weighted by Gasteiger charge is 2.14. The summed E-state index contributed by atoms with van der Waals surface area (Å²) in [5.41, 5.74) is 2.26. The molecular weight excluding hydrogens is 380 g/mol. The first-order valence-electron chi connectivity index (χ1n) is 10.4. The fraction of sp³-hybridized carbons (Fsp3) is 0.417. The van der Waals surface area contributed by atoms with E-state index in [1.165, 1.54) is 12.1 Å². The molecule has 1 saturated heterocycles. The van der Waals surface area contributed by atoms with Gasteiger partial charge in [-0.2, -0.15) is 5.26 Å². The van der Waals surface area contributed by atoms with E-state index in [1.807, 2.05) is 24.3 Å². The summed E-state index contributed by atoms with van der Waals surface area (Å²) in [6.07, 6.45) is 3.73. The van der Waals surface area contributed by atoms with E-state index in [2.05, 4.69) is 23.1 Å². The highest BCUT2D eigenvalue weighted by molar-refractivity contribution is 6.03. The third-order valence-corrected chi connectivity index (χ3v) is 5.10. The number of nitrogens with zero attached hydrogens (tertiary/aromatic N) is 2. The molecule has 1 N–H and O–H groups in total. The zero-order chi connectivity index (χ0) is 21.2. The first-order chi connectivity index (χ1) is 14.7. The molecule has 1 aliphatic heterocycles. The maximum Gasteiger partial charge on any atom is 0.173 e. The van der Waals surface area contributed by atoms with Crippen molar-refractivity contribution in [3.8, 4) is 6.07 Å². The van der Waals surface area contributed by atoms with Crippen molar-refractivity contribution >= 4 is 28.3 Å². The van der Waals surface area contributed by atoms with Crippen molar-refractivity contribution in [2.24, 2.45) is 0 Å². The van der Waals surface area contributed by atoms with Crippen LogP contribution in [0.3, 0.4) is 0 Å². The van der Waals surface area contributed by atoms with Crippen LogP contribution in [0, 0.1) is 11.3 Å². The quantitative estimate of drug-likeness (QED) is 0.330. The highest BCUT2D eigenvalue weighted by atomic mass is 16.5. The van der Waals surface area contributed by atoms with E-state index in [4.69, 9.17) is 14.6 Å². The molecule has 0 amide bonds. The summed E-state index contributed by atoms with van der Waals surface area (Å²) in [5, 5.41) is 20.3. The SMILES string of the molecule is N#C/C(=C\c1ccc2cc(N3CCC3)ccc2c1)C(=O)CCCOCCOCCO. The number of carbonyl (C=O) groups is 1. The molecule has 0 unspecified atom stereocenters. The van der Waals surface area contributed by atoms with Crippen LogP contribution in [0.5, 0.6) is 0 Å². The van der Waals surface area contributed by atoms with Crippen molar-refractivity contribution in [1.82, 2.24) is 0 Å². The van der Waals surface area contributed by atoms with E-state index >= 15 is 0 Å². The molecule has 2 aromatic rings. The van der Waals surface area contributed by atoms with Crippen LogP contribution >= 0.6 is 0 Å². The van der Waals surface area contributed by atoms with Crippen LogP contribution in [0.2, 0.25) is 0 Å². The second-order valence-electron chi connectivity index (χ2n) is 7.28. The van der Waals surface area contributed by atoms with Gasteiger partial charge in [0.05, 0.1) is 32.0 Å². The maximum atomic E-state index is 12.4. The highest BCUT2D eigenvalue weighted by Crippen LogP contribution is 2.26. The maximum absolute atomic E-state index is 12.4. The van der Waals surface area contributed by atoms with Crippen LogP contribution in [0.4, 0.5) is 5.69 Å². The van der Waals surface area contributed by atoms with Gasteiger partial charge in [-0.15, -0.1) is 0 Å². The summed E-state index contributed by atoms with van der Waals surface area (Å²) in [6.45, 7) is 3.79. The van der Waals surface area contributed by atoms with Crippen molar-refractivity contribution in [2.45, 2.75) is 19.3 Å². The van der Waals surface area contributed by atoms with E-state index < -0.39 is 0 Å². The van der Waals surface area contributed by atoms with Gasteiger partial charge in [0.25, 0.3) is 0 Å². The Morgan fingerprint density at radius 3 is 2.50 bits per heavy atom. The van der Waals surface area contributed by atoms with Crippen LogP contribution in [0.25, 0.3) is 16.8 Å². The number of ether oxygens (including phenoxy) is 2. The summed E-state index contributed by atoms with van der Waals surface area (Å²) < 4.78 is 10.5. The molecule has 0 spiro atoms. The standard InChI is InChI=1S/C24H28N2O4/c25-18-22(24(28)3-1-11-29-13-14-30-12-10-27)16-19-4-5-21-17-23(26-8-2-9-26)7-6-20(21)15-19/h4-7,15-17,27H,1-3,8-14H2/b22-16+. The minimum Gasteiger partial charge on any atom is -0.394 e. The lowest BCUT2D eigenvalue weighted by Crippen LogP contribution is -2.36. The molecule has 1 heterocycles. The number of benzene rings is 2. The fourth-order valence-electron chi connectivity index (χ4n) is 3.31. The molecule has 30 heavy (non-hydrogen) atoms. The zero-order valence-corrected chi connectivity index (χ0v) is 17.2. The van der Waals surface area contributed by atoms with Crippen LogP contribution in [0.1, 0.15) is 24.8 Å². The summed E-state index contributed by atoms with van der Waals surface area (Å²) in [6, 6.07) is 14.4. The summed E-state index contributed by atoms with van der Waals surface area (Å²) in [7, 11) is 0. The number of nitriles is 1. The molecule has 0 radical (unpaired) electrons. The Morgan fingerprint density at radius 1 is 1.07 bits per heavy atom. The molecule has 0 atom stereocenters. The van der Waals surface area contributed by atoms with Gasteiger partial charge in [0, 0.05) is 31.8 Å². The fourth-order valence-corrected chi connectivity index (χ4v) is 3.31. The van der Waals surface area contributed by atoms with Gasteiger partial charge in [-0.05, 0) is 53.5 Å². The lowest BCUT2D eigenvalue weighted by atomic mass is 10.0. The lowest BCUT2D eigenvalue weighted by molar-refractivity contribution is -0.115. The van der Waals surface area contributed by atoms with Crippen molar-refractivity contribution < 1.29 is 19.4 Å². The van der Waals surface area contributed by atoms with Crippen LogP contribution < -0.4 is 4.90 Å². The van der Waals surface area contributed by atoms with Crippen LogP contribution in [-0.2, 0) is 14.3 Å². The number of hydrogen-bond acceptors (Lipinski definition) is 6. The van der Waals surface area contributed by atoms with Gasteiger partial charge in [0.1, 0.15) is 6.07 Å². The average Bonchev–Trinajstić information content (AvgIpc) is 2.72. The van der Waals surface area contributed by atoms with E-state index in [9.17, 15) is 10.1 Å². The number of allylic oxidation sites excluding steroid dienone is 1. The number of rotatable bonds is 12. The molecule has 6 heteroatoms. The Hall–Kier alpha value is -2.72. The van der Waals surface area contributed by atoms with Gasteiger partial charge in [0.2, 0.25) is 0 Å². The van der Waals surface area contributed by atoms with Gasteiger partial charge in [-0.1, -0.05) is 18.2 Å². The molecule has 0 aromatic heterocycles. The van der Waals surface area contributed by atoms with Gasteiger partial charge >= 0.3 is 0 Å². The van der Waals surface area contributed by atoms with E-state index in [1.54, 1.807) is 6.08 Å². The first-order valence-corrected chi connectivity index (χ1v) is 10.4. The van der Waals surface area contributed by atoms with E-state index in [0.29, 0.717) is 32.8 Å². The van der Waals surface area contributed by atoms with Crippen molar-refractivity contribution in [3.05, 3.63) is 47.5 Å². The summed E-state index contributed by atoms with van der Waals surface area (Å²) >= 11 is 0. The summed E-state index contributed by atoms with van der Waals surface area (Å²) in [4.78, 5) is 14.7. The minimum absolute atomic E-state index is 0.00534. The molecule has 0 saturated carbocycles. The van der Waals surface area contributed by atoms with Gasteiger partial charge in [-0.3, -0.25) is 4.79 Å². The van der Waals surface area contributed by atoms with Crippen molar-refractivity contribution in [2.75, 3.05) is 51.0 Å². The van der Waals surface area contributed by atoms with Crippen molar-refractivity contribution in [3.63, 3.8) is 0 Å². The summed E-state index contributed by atoms with van der Waals surface area (Å²) in [5.74, 6) is -0.175. The van der Waals surface area contributed by atoms with Crippen molar-refractivity contribution in [1.29, 1.82) is 5.26 Å². The van der Waals surface area contributed by atoms with Gasteiger partial charge in [-0.25, -0.2) is 0 Å². The normalized spacial score (nSPS) is 13.9. The number of hydrogen-bond donors (Lipinski definition) is 1. The monoisotopic (exact) mass is 408 g/mol. The largest absolute Gasteiger partial charge is 0.394 e. The Morgan fingerprint density at radius 2 is 1.80 bits per heavy atom. The molecule has 1 aliphatic rings. The molecule has 0 bridgehead atoms. The third kappa shape index (κ3) is 6.14. The number of Topliss-reactive ketones (excluding diaryl/α,β-unsaturated/α-hetero) is 1. The molecule has 158 valence electrons. The predicted octanol–water partition coefficient (Wildman–Crippen LogP) is 3.33. The molecule has 1 fully saturated rings. The smallest absolute Gasteiger partial charge is 0.173 e. The number of carbonyl (C=O) groups excluding carboxylic acids is 1. The Bertz CT molecular complexity index is 928. The van der Waals surface area contributed by atoms with E-state index in [-0.39, 0.29) is 24.4 Å². The Labute approximate surface area is 177 Å².